The van der Waals surface area contributed by atoms with Crippen LogP contribution in [0.25, 0.3) is 0 Å². The summed E-state index contributed by atoms with van der Waals surface area (Å²) in [6.07, 6.45) is 0. The first kappa shape index (κ1) is 9.37. The van der Waals surface area contributed by atoms with Gasteiger partial charge in [-0.1, -0.05) is 24.3 Å². The predicted molar refractivity (Wildman–Crippen MR) is 61.4 cm³/mol. The molecule has 2 atom stereocenters. The Hall–Kier alpha value is -0.860. The zero-order valence-corrected chi connectivity index (χ0v) is 9.19. The minimum Gasteiger partial charge on any atom is -0.327 e. The number of hydrogen-bond acceptors (Lipinski definition) is 2. The van der Waals surface area contributed by atoms with E-state index in [1.807, 2.05) is 0 Å². The van der Waals surface area contributed by atoms with Crippen LogP contribution in [0.3, 0.4) is 0 Å². The highest BCUT2D eigenvalue weighted by molar-refractivity contribution is 5.26. The second kappa shape index (κ2) is 3.32. The first-order chi connectivity index (χ1) is 7.25. The largest absolute Gasteiger partial charge is 0.327 e. The zero-order chi connectivity index (χ0) is 10.4. The Kier molecular flexibility index (Phi) is 2.08. The third-order valence-electron chi connectivity index (χ3n) is 3.99. The number of piperidine rings is 1. The zero-order valence-electron chi connectivity index (χ0n) is 9.19. The van der Waals surface area contributed by atoms with Crippen molar-refractivity contribution in [3.8, 4) is 0 Å². The van der Waals surface area contributed by atoms with Gasteiger partial charge in [0.15, 0.2) is 0 Å². The molecule has 0 spiro atoms. The highest BCUT2D eigenvalue weighted by Crippen LogP contribution is 2.44. The summed E-state index contributed by atoms with van der Waals surface area (Å²) in [4.78, 5) is 2.54. The van der Waals surface area contributed by atoms with E-state index in [1.54, 1.807) is 0 Å². The molecule has 2 nitrogen and oxygen atoms in total. The van der Waals surface area contributed by atoms with Crippen LogP contribution in [0.4, 0.5) is 0 Å². The van der Waals surface area contributed by atoms with E-state index in [0.717, 1.165) is 18.4 Å². The van der Waals surface area contributed by atoms with Gasteiger partial charge in [0.1, 0.15) is 0 Å². The molecule has 2 fully saturated rings. The summed E-state index contributed by atoms with van der Waals surface area (Å²) in [5.74, 6) is 1.60. The maximum Gasteiger partial charge on any atom is 0.0236 e. The Balaban J connectivity index is 1.65. The van der Waals surface area contributed by atoms with Crippen molar-refractivity contribution in [3.05, 3.63) is 35.4 Å². The summed E-state index contributed by atoms with van der Waals surface area (Å²) < 4.78 is 0. The molecule has 2 heteroatoms. The summed E-state index contributed by atoms with van der Waals surface area (Å²) in [6.45, 7) is 5.71. The molecule has 1 aromatic rings. The molecule has 1 aliphatic carbocycles. The molecule has 1 aromatic carbocycles. The number of nitrogens with two attached hydrogens (primary N) is 1. The molecule has 2 N–H and O–H groups in total. The van der Waals surface area contributed by atoms with Gasteiger partial charge in [0, 0.05) is 25.7 Å². The maximum absolute atomic E-state index is 5.93. The number of benzene rings is 1. The second-order valence-electron chi connectivity index (χ2n) is 5.03. The quantitative estimate of drug-likeness (QED) is 0.785. The van der Waals surface area contributed by atoms with Gasteiger partial charge in [0.05, 0.1) is 0 Å². The van der Waals surface area contributed by atoms with Crippen LogP contribution in [-0.2, 0) is 6.54 Å². The van der Waals surface area contributed by atoms with Crippen LogP contribution < -0.4 is 5.73 Å². The number of rotatable bonds is 2. The molecule has 2 unspecified atom stereocenters. The van der Waals surface area contributed by atoms with Crippen molar-refractivity contribution >= 4 is 0 Å². The Labute approximate surface area is 91.1 Å². The molecule has 1 aliphatic heterocycles. The third-order valence-corrected chi connectivity index (χ3v) is 3.99. The summed E-state index contributed by atoms with van der Waals surface area (Å²) in [5, 5.41) is 0. The SMILES string of the molecule is Cc1ccccc1CN1CC2C(N)C2C1. The van der Waals surface area contributed by atoms with Crippen molar-refractivity contribution in [3.63, 3.8) is 0 Å². The van der Waals surface area contributed by atoms with Crippen molar-refractivity contribution in [1.29, 1.82) is 0 Å². The van der Waals surface area contributed by atoms with Crippen LogP contribution in [-0.4, -0.2) is 24.0 Å². The predicted octanol–water partition coefficient (Wildman–Crippen LogP) is 1.38. The minimum atomic E-state index is 0.512. The smallest absolute Gasteiger partial charge is 0.0236 e. The lowest BCUT2D eigenvalue weighted by Crippen LogP contribution is -2.28. The number of hydrogen-bond donors (Lipinski definition) is 1. The average molecular weight is 202 g/mol. The lowest BCUT2D eigenvalue weighted by molar-refractivity contribution is 0.289. The van der Waals surface area contributed by atoms with E-state index in [4.69, 9.17) is 5.73 Å². The number of likely N-dealkylation sites (tertiary alicyclic amines) is 1. The summed E-state index contributed by atoms with van der Waals surface area (Å²) in [5.41, 5.74) is 8.80. The lowest BCUT2D eigenvalue weighted by atomic mass is 10.1. The van der Waals surface area contributed by atoms with Gasteiger partial charge in [0.2, 0.25) is 0 Å². The monoisotopic (exact) mass is 202 g/mol. The molecule has 80 valence electrons. The van der Waals surface area contributed by atoms with Gasteiger partial charge in [0.25, 0.3) is 0 Å². The fourth-order valence-electron chi connectivity index (χ4n) is 2.82. The molecule has 1 heterocycles. The highest BCUT2D eigenvalue weighted by atomic mass is 15.2. The van der Waals surface area contributed by atoms with E-state index in [9.17, 15) is 0 Å². The molecular weight excluding hydrogens is 184 g/mol. The van der Waals surface area contributed by atoms with Crippen LogP contribution >= 0.6 is 0 Å². The topological polar surface area (TPSA) is 29.3 Å². The van der Waals surface area contributed by atoms with Crippen molar-refractivity contribution in [1.82, 2.24) is 4.90 Å². The second-order valence-corrected chi connectivity index (χ2v) is 5.03. The first-order valence-electron chi connectivity index (χ1n) is 5.78. The molecule has 1 saturated carbocycles. The third kappa shape index (κ3) is 1.58. The standard InChI is InChI=1S/C13H18N2/c1-9-4-2-3-5-10(9)6-15-7-11-12(8-15)13(11)14/h2-5,11-13H,6-8,14H2,1H3. The van der Waals surface area contributed by atoms with E-state index in [1.165, 1.54) is 24.2 Å². The maximum atomic E-state index is 5.93. The van der Waals surface area contributed by atoms with Gasteiger partial charge < -0.3 is 5.73 Å². The van der Waals surface area contributed by atoms with Crippen LogP contribution in [0, 0.1) is 18.8 Å². The van der Waals surface area contributed by atoms with Crippen molar-refractivity contribution in [2.45, 2.75) is 19.5 Å². The van der Waals surface area contributed by atoms with Crippen molar-refractivity contribution in [2.75, 3.05) is 13.1 Å². The Morgan fingerprint density at radius 3 is 2.60 bits per heavy atom. The van der Waals surface area contributed by atoms with E-state index in [2.05, 4.69) is 36.1 Å². The lowest BCUT2D eigenvalue weighted by Gasteiger charge is -2.19. The average Bonchev–Trinajstić information content (AvgIpc) is 2.67. The Bertz CT molecular complexity index is 363. The van der Waals surface area contributed by atoms with E-state index in [0.29, 0.717) is 6.04 Å². The van der Waals surface area contributed by atoms with Crippen LogP contribution in [0.1, 0.15) is 11.1 Å². The molecule has 15 heavy (non-hydrogen) atoms. The molecular formula is C13H18N2. The fraction of sp³-hybridized carbons (Fsp3) is 0.538. The van der Waals surface area contributed by atoms with Gasteiger partial charge in [-0.25, -0.2) is 0 Å². The molecule has 0 aromatic heterocycles. The van der Waals surface area contributed by atoms with E-state index in [-0.39, 0.29) is 0 Å². The molecule has 0 amide bonds. The Morgan fingerprint density at radius 1 is 1.27 bits per heavy atom. The molecule has 1 saturated heterocycles. The van der Waals surface area contributed by atoms with Gasteiger partial charge in [-0.05, 0) is 29.9 Å². The Morgan fingerprint density at radius 2 is 1.93 bits per heavy atom. The van der Waals surface area contributed by atoms with Crippen LogP contribution in [0.15, 0.2) is 24.3 Å². The molecule has 0 bridgehead atoms. The highest BCUT2D eigenvalue weighted by Gasteiger charge is 2.53. The van der Waals surface area contributed by atoms with Gasteiger partial charge >= 0.3 is 0 Å². The number of fused-ring (bicyclic) bond motifs is 1. The van der Waals surface area contributed by atoms with E-state index < -0.39 is 0 Å². The summed E-state index contributed by atoms with van der Waals surface area (Å²) >= 11 is 0. The van der Waals surface area contributed by atoms with E-state index >= 15 is 0 Å². The molecule has 3 rings (SSSR count). The van der Waals surface area contributed by atoms with Crippen LogP contribution in [0.2, 0.25) is 0 Å². The van der Waals surface area contributed by atoms with Gasteiger partial charge in [-0.2, -0.15) is 0 Å². The molecule has 2 aliphatic rings. The fourth-order valence-corrected chi connectivity index (χ4v) is 2.82. The number of aryl methyl sites for hydroxylation is 1. The normalized spacial score (nSPS) is 34.1. The van der Waals surface area contributed by atoms with Crippen LogP contribution in [0.5, 0.6) is 0 Å². The molecule has 0 radical (unpaired) electrons. The van der Waals surface area contributed by atoms with Gasteiger partial charge in [-0.3, -0.25) is 4.90 Å². The summed E-state index contributed by atoms with van der Waals surface area (Å²) in [7, 11) is 0. The van der Waals surface area contributed by atoms with Crippen molar-refractivity contribution < 1.29 is 0 Å². The first-order valence-corrected chi connectivity index (χ1v) is 5.78. The number of nitrogens with zero attached hydrogens (tertiary/aromatic N) is 1. The summed E-state index contributed by atoms with van der Waals surface area (Å²) in [6, 6.07) is 9.18. The van der Waals surface area contributed by atoms with Crippen molar-refractivity contribution in [2.24, 2.45) is 17.6 Å². The minimum absolute atomic E-state index is 0.512. The van der Waals surface area contributed by atoms with Gasteiger partial charge in [-0.15, -0.1) is 0 Å².